The van der Waals surface area contributed by atoms with E-state index in [1.165, 1.54) is 5.56 Å². The van der Waals surface area contributed by atoms with Crippen LogP contribution in [0.2, 0.25) is 0 Å². The van der Waals surface area contributed by atoms with E-state index in [4.69, 9.17) is 18.6 Å². The monoisotopic (exact) mass is 716 g/mol. The molecule has 280 valence electrons. The summed E-state index contributed by atoms with van der Waals surface area (Å²) in [6, 6.07) is 25.9. The average Bonchev–Trinajstić information content (AvgIpc) is 3.67. The minimum Gasteiger partial charge on any atom is -0.461 e. The molecule has 0 radical (unpaired) electrons. The Bertz CT molecular complexity index is 1910. The Kier molecular flexibility index (Phi) is 13.4. The third-order valence-corrected chi connectivity index (χ3v) is 10.1. The van der Waals surface area contributed by atoms with Gasteiger partial charge in [0.25, 0.3) is 0 Å². The molecule has 2 heterocycles. The smallest absolute Gasteiger partial charge is 0.334 e. The van der Waals surface area contributed by atoms with E-state index in [1.54, 1.807) is 0 Å². The number of hydrogen-bond acceptors (Lipinski definition) is 6. The van der Waals surface area contributed by atoms with Crippen LogP contribution >= 0.6 is 0 Å². The Labute approximate surface area is 316 Å². The lowest BCUT2D eigenvalue weighted by Crippen LogP contribution is -2.42. The first-order chi connectivity index (χ1) is 25.3. The van der Waals surface area contributed by atoms with Gasteiger partial charge in [0.1, 0.15) is 18.0 Å². The molecule has 0 spiro atoms. The molecule has 6 nitrogen and oxygen atoms in total. The lowest BCUT2D eigenvalue weighted by atomic mass is 9.83. The van der Waals surface area contributed by atoms with Gasteiger partial charge in [-0.2, -0.15) is 0 Å². The van der Waals surface area contributed by atoms with Crippen LogP contribution in [-0.2, 0) is 36.8 Å². The summed E-state index contributed by atoms with van der Waals surface area (Å²) in [6.45, 7) is 15.3. The molecule has 1 aliphatic rings. The summed E-state index contributed by atoms with van der Waals surface area (Å²) in [5.41, 5.74) is 3.46. The number of aryl methyl sites for hydroxylation is 1. The summed E-state index contributed by atoms with van der Waals surface area (Å²) in [7, 11) is 0. The van der Waals surface area contributed by atoms with Gasteiger partial charge in [0.05, 0.1) is 18.6 Å². The van der Waals surface area contributed by atoms with Crippen LogP contribution in [0.4, 0.5) is 0 Å². The highest BCUT2D eigenvalue weighted by atomic mass is 16.6. The Morgan fingerprint density at radius 1 is 0.925 bits per heavy atom. The lowest BCUT2D eigenvalue weighted by Gasteiger charge is -2.30. The number of carbonyl (C=O) groups is 2. The number of furan rings is 1. The minimum atomic E-state index is -1.11. The number of hydrogen-bond donors (Lipinski definition) is 0. The summed E-state index contributed by atoms with van der Waals surface area (Å²) in [5, 5.41) is 0.929. The van der Waals surface area contributed by atoms with Crippen molar-refractivity contribution in [3.05, 3.63) is 119 Å². The Morgan fingerprint density at radius 3 is 2.28 bits per heavy atom. The predicted octanol–water partition coefficient (Wildman–Crippen LogP) is 10.6. The summed E-state index contributed by atoms with van der Waals surface area (Å²) in [4.78, 5) is 27.3. The van der Waals surface area contributed by atoms with Gasteiger partial charge in [-0.25, -0.2) is 4.79 Å². The van der Waals surface area contributed by atoms with Crippen molar-refractivity contribution in [2.24, 2.45) is 23.2 Å². The lowest BCUT2D eigenvalue weighted by molar-refractivity contribution is -0.175. The number of cyclic esters (lactones) is 1. The SMILES string of the molecule is CC[C@](C)(Cc1cc2cc(C#Cc3ccc(C)cc3)ccc2o1)C(=O)OC[C@]1(COCc2ccccc2)C/C(=C\CC(CC(C)C)CC(C)C)C(=O)O1. The highest BCUT2D eigenvalue weighted by Crippen LogP contribution is 2.36. The second-order valence-corrected chi connectivity index (χ2v) is 16.1. The van der Waals surface area contributed by atoms with Crippen molar-refractivity contribution >= 4 is 22.9 Å². The van der Waals surface area contributed by atoms with Crippen LogP contribution in [0.25, 0.3) is 11.0 Å². The van der Waals surface area contributed by atoms with Gasteiger partial charge >= 0.3 is 11.9 Å². The molecule has 0 aliphatic carbocycles. The van der Waals surface area contributed by atoms with E-state index in [2.05, 4.69) is 64.7 Å². The van der Waals surface area contributed by atoms with Crippen LogP contribution in [0.3, 0.4) is 0 Å². The van der Waals surface area contributed by atoms with Gasteiger partial charge in [-0.15, -0.1) is 0 Å². The predicted molar refractivity (Wildman–Crippen MR) is 211 cm³/mol. The zero-order chi connectivity index (χ0) is 38.0. The molecule has 4 aromatic rings. The van der Waals surface area contributed by atoms with Crippen molar-refractivity contribution < 1.29 is 28.2 Å². The topological polar surface area (TPSA) is 75.0 Å². The Hall–Kier alpha value is -4.60. The van der Waals surface area contributed by atoms with E-state index in [1.807, 2.05) is 80.6 Å². The molecule has 1 saturated heterocycles. The van der Waals surface area contributed by atoms with E-state index in [-0.39, 0.29) is 25.2 Å². The normalized spacial score (nSPS) is 17.7. The number of esters is 2. The van der Waals surface area contributed by atoms with Crippen molar-refractivity contribution in [3.63, 3.8) is 0 Å². The van der Waals surface area contributed by atoms with E-state index >= 15 is 0 Å². The maximum absolute atomic E-state index is 13.9. The van der Waals surface area contributed by atoms with Crippen molar-refractivity contribution in [1.29, 1.82) is 0 Å². The second-order valence-electron chi connectivity index (χ2n) is 16.1. The summed E-state index contributed by atoms with van der Waals surface area (Å²) < 4.78 is 24.5. The standard InChI is InChI=1S/C47H56O6/c1-8-46(7,29-42-27-41-26-37(21-23-43(41)52-42)19-18-36-16-14-35(6)15-17-36)45(49)51-32-47(31-50-30-38-12-10-9-11-13-38)28-40(44(48)53-47)22-20-39(24-33(2)3)25-34(4)5/h9-17,21-23,26-27,33-34,39H,8,20,24-25,28-32H2,1-7H3/b40-22+/t46-,47-/m1/s1. The quantitative estimate of drug-likeness (QED) is 0.0653. The Morgan fingerprint density at radius 2 is 1.60 bits per heavy atom. The van der Waals surface area contributed by atoms with Gasteiger partial charge < -0.3 is 18.6 Å². The minimum absolute atomic E-state index is 0.0934. The fourth-order valence-electron chi connectivity index (χ4n) is 7.08. The molecule has 2 atom stereocenters. The molecule has 0 unspecified atom stereocenters. The number of fused-ring (bicyclic) bond motifs is 1. The molecule has 0 bridgehead atoms. The third kappa shape index (κ3) is 11.2. The molecule has 0 saturated carbocycles. The van der Waals surface area contributed by atoms with Gasteiger partial charge in [-0.1, -0.05) is 101 Å². The van der Waals surface area contributed by atoms with Crippen LogP contribution in [0.1, 0.15) is 102 Å². The number of ether oxygens (including phenoxy) is 3. The third-order valence-electron chi connectivity index (χ3n) is 10.1. The highest BCUT2D eigenvalue weighted by molar-refractivity contribution is 5.91. The van der Waals surface area contributed by atoms with E-state index in [0.29, 0.717) is 55.0 Å². The fourth-order valence-corrected chi connectivity index (χ4v) is 7.08. The molecule has 6 heteroatoms. The molecular formula is C47H56O6. The van der Waals surface area contributed by atoms with E-state index < -0.39 is 11.0 Å². The second kappa shape index (κ2) is 18.0. The molecule has 0 amide bonds. The molecule has 1 aromatic heterocycles. The maximum atomic E-state index is 13.9. The average molecular weight is 717 g/mol. The van der Waals surface area contributed by atoms with Crippen LogP contribution < -0.4 is 0 Å². The van der Waals surface area contributed by atoms with Crippen LogP contribution in [0.5, 0.6) is 0 Å². The number of carbonyl (C=O) groups excluding carboxylic acids is 2. The Balaban J connectivity index is 1.29. The summed E-state index contributed by atoms with van der Waals surface area (Å²) >= 11 is 0. The van der Waals surface area contributed by atoms with E-state index in [9.17, 15) is 9.59 Å². The van der Waals surface area contributed by atoms with Crippen LogP contribution in [-0.4, -0.2) is 30.8 Å². The molecule has 3 aromatic carbocycles. The van der Waals surface area contributed by atoms with Gasteiger partial charge in [-0.05, 0) is 99.2 Å². The molecular weight excluding hydrogens is 661 g/mol. The van der Waals surface area contributed by atoms with Gasteiger partial charge in [0.2, 0.25) is 0 Å². The zero-order valence-corrected chi connectivity index (χ0v) is 32.6. The molecule has 1 aliphatic heterocycles. The maximum Gasteiger partial charge on any atom is 0.334 e. The van der Waals surface area contributed by atoms with Crippen molar-refractivity contribution in [1.82, 2.24) is 0 Å². The van der Waals surface area contributed by atoms with Crippen molar-refractivity contribution in [2.45, 2.75) is 99.2 Å². The van der Waals surface area contributed by atoms with E-state index in [0.717, 1.165) is 46.9 Å². The van der Waals surface area contributed by atoms with Crippen molar-refractivity contribution in [2.75, 3.05) is 13.2 Å². The molecule has 0 N–H and O–H groups in total. The summed E-state index contributed by atoms with van der Waals surface area (Å²) in [5.74, 6) is 8.08. The van der Waals surface area contributed by atoms with Crippen LogP contribution in [0.15, 0.2) is 94.9 Å². The number of benzene rings is 3. The number of allylic oxidation sites excluding steroid dienone is 1. The van der Waals surface area contributed by atoms with Gasteiger partial charge in [0.15, 0.2) is 5.60 Å². The highest BCUT2D eigenvalue weighted by Gasteiger charge is 2.46. The largest absolute Gasteiger partial charge is 0.461 e. The molecule has 1 fully saturated rings. The fraction of sp³-hybridized carbons (Fsp3) is 0.447. The number of rotatable bonds is 16. The summed E-state index contributed by atoms with van der Waals surface area (Å²) in [6.07, 6.45) is 6.28. The first-order valence-electron chi connectivity index (χ1n) is 19.2. The van der Waals surface area contributed by atoms with Gasteiger partial charge in [-0.3, -0.25) is 4.79 Å². The first-order valence-corrected chi connectivity index (χ1v) is 19.2. The molecule has 5 rings (SSSR count). The first kappa shape index (κ1) is 39.6. The zero-order valence-electron chi connectivity index (χ0n) is 32.6. The van der Waals surface area contributed by atoms with Gasteiger partial charge in [0, 0.05) is 34.9 Å². The molecule has 53 heavy (non-hydrogen) atoms. The van der Waals surface area contributed by atoms with Crippen LogP contribution in [0, 0.1) is 41.9 Å². The van der Waals surface area contributed by atoms with Crippen molar-refractivity contribution in [3.8, 4) is 11.8 Å².